The van der Waals surface area contributed by atoms with Crippen molar-refractivity contribution in [2.45, 2.75) is 69.6 Å². The summed E-state index contributed by atoms with van der Waals surface area (Å²) in [4.78, 5) is 70.7. The number of aliphatic hydroxyl groups is 1. The van der Waals surface area contributed by atoms with Crippen molar-refractivity contribution in [2.75, 3.05) is 39.3 Å². The molecule has 4 fully saturated rings. The Hall–Kier alpha value is -3.69. The number of carbonyl (C=O) groups excluding carboxylic acids is 3. The molecule has 0 aliphatic carbocycles. The molecule has 254 valence electrons. The number of carbonyl (C=O) groups is 4. The van der Waals surface area contributed by atoms with Gasteiger partial charge in [-0.3, -0.25) is 24.6 Å². The van der Waals surface area contributed by atoms with Gasteiger partial charge in [-0.1, -0.05) is 6.92 Å². The fourth-order valence-corrected chi connectivity index (χ4v) is 9.37. The normalized spacial score (nSPS) is 29.7. The van der Waals surface area contributed by atoms with E-state index in [4.69, 9.17) is 4.74 Å². The second-order valence-corrected chi connectivity index (χ2v) is 14.7. The summed E-state index contributed by atoms with van der Waals surface area (Å²) in [6, 6.07) is 4.40. The molecule has 0 unspecified atom stereocenters. The van der Waals surface area contributed by atoms with Gasteiger partial charge in [-0.2, -0.15) is 0 Å². The lowest BCUT2D eigenvalue weighted by molar-refractivity contribution is -0.384. The molecular formula is C32H41N5O9S. The number of nitro benzene ring substituents is 1. The van der Waals surface area contributed by atoms with Crippen LogP contribution in [0.3, 0.4) is 0 Å². The first-order chi connectivity index (χ1) is 22.4. The molecular weight excluding hydrogens is 630 g/mol. The quantitative estimate of drug-likeness (QED) is 0.213. The van der Waals surface area contributed by atoms with Crippen molar-refractivity contribution in [1.29, 1.82) is 0 Å². The number of nitrogens with zero attached hydrogens (tertiary/aromatic N) is 5. The average molecular weight is 672 g/mol. The predicted molar refractivity (Wildman–Crippen MR) is 170 cm³/mol. The number of likely N-dealkylation sites (tertiary alicyclic amines) is 3. The molecule has 47 heavy (non-hydrogen) atoms. The standard InChI is InChI=1S/C32H41N5O9S/c1-18-26-25(19(2)38)30(40)36(26)27(31(41)42)28(18)47-23-13-24(29(39)34-12-9-21(15-34)14-33-10-3-4-11-33)35(16-23)32(43)46-17-20-5-7-22(8-6-20)37(44)45/h5-8,18-19,21,23-26,38H,3-4,9-17H2,1-2H3,(H,41,42)/t18-,19-,21-,23+,24+,25-,26-/m1/s1. The zero-order chi connectivity index (χ0) is 33.6. The molecule has 0 radical (unpaired) electrons. The Balaban J connectivity index is 1.18. The largest absolute Gasteiger partial charge is 0.477 e. The molecule has 4 saturated heterocycles. The number of carboxylic acids is 1. The Morgan fingerprint density at radius 2 is 1.83 bits per heavy atom. The molecule has 1 aromatic carbocycles. The van der Waals surface area contributed by atoms with Gasteiger partial charge in [-0.05, 0) is 69.3 Å². The molecule has 3 amide bonds. The SMILES string of the molecule is C[C@@H](O)[C@H]1C(=O)N2C(C(=O)O)=C(S[C@H]3C[C@@H](C(=O)N4CC[C@H](CN5CCCC5)C4)N(C(=O)OCc4ccc([N+](=O)[O-])cc4)C3)[C@H](C)[C@H]12. The Morgan fingerprint density at radius 1 is 1.13 bits per heavy atom. The number of ether oxygens (including phenoxy) is 1. The number of β-lactam (4-membered cyclic amide) rings is 1. The van der Waals surface area contributed by atoms with E-state index in [0.29, 0.717) is 29.5 Å². The summed E-state index contributed by atoms with van der Waals surface area (Å²) < 4.78 is 5.61. The number of hydrogen-bond donors (Lipinski definition) is 2. The highest BCUT2D eigenvalue weighted by molar-refractivity contribution is 8.03. The van der Waals surface area contributed by atoms with E-state index in [9.17, 15) is 39.5 Å². The Labute approximate surface area is 276 Å². The topological polar surface area (TPSA) is 174 Å². The van der Waals surface area contributed by atoms with E-state index in [-0.39, 0.29) is 48.0 Å². The number of aliphatic hydroxyl groups excluding tert-OH is 1. The number of fused-ring (bicyclic) bond motifs is 1. The van der Waals surface area contributed by atoms with Crippen molar-refractivity contribution in [3.8, 4) is 0 Å². The van der Waals surface area contributed by atoms with Gasteiger partial charge in [0.15, 0.2) is 0 Å². The smallest absolute Gasteiger partial charge is 0.410 e. The first-order valence-corrected chi connectivity index (χ1v) is 17.2. The number of aliphatic carboxylic acids is 1. The fourth-order valence-electron chi connectivity index (χ4n) is 7.84. The van der Waals surface area contributed by atoms with Gasteiger partial charge in [0.05, 0.1) is 23.0 Å². The molecule has 6 rings (SSSR count). The molecule has 0 bridgehead atoms. The van der Waals surface area contributed by atoms with Crippen molar-refractivity contribution in [2.24, 2.45) is 17.8 Å². The number of nitro groups is 1. The minimum atomic E-state index is -1.23. The van der Waals surface area contributed by atoms with Crippen LogP contribution in [-0.4, -0.2) is 121 Å². The summed E-state index contributed by atoms with van der Waals surface area (Å²) >= 11 is 1.28. The average Bonchev–Trinajstić information content (AvgIpc) is 3.84. The van der Waals surface area contributed by atoms with Gasteiger partial charge in [0.1, 0.15) is 18.3 Å². The van der Waals surface area contributed by atoms with Crippen LogP contribution < -0.4 is 0 Å². The second kappa shape index (κ2) is 13.4. The molecule has 0 spiro atoms. The van der Waals surface area contributed by atoms with E-state index in [1.165, 1.54) is 65.6 Å². The molecule has 0 saturated carbocycles. The van der Waals surface area contributed by atoms with E-state index < -0.39 is 47.0 Å². The molecule has 5 aliphatic rings. The third-order valence-electron chi connectivity index (χ3n) is 10.2. The third-order valence-corrected chi connectivity index (χ3v) is 11.7. The van der Waals surface area contributed by atoms with Gasteiger partial charge in [0.2, 0.25) is 11.8 Å². The molecule has 15 heteroatoms. The van der Waals surface area contributed by atoms with Gasteiger partial charge in [0, 0.05) is 54.4 Å². The summed E-state index contributed by atoms with van der Waals surface area (Å²) in [5.41, 5.74) is 0.376. The lowest BCUT2D eigenvalue weighted by Crippen LogP contribution is -2.63. The highest BCUT2D eigenvalue weighted by Crippen LogP contribution is 2.52. The second-order valence-electron chi connectivity index (χ2n) is 13.3. The monoisotopic (exact) mass is 671 g/mol. The molecule has 2 N–H and O–H groups in total. The number of non-ortho nitro benzene ring substituents is 1. The Morgan fingerprint density at radius 3 is 2.47 bits per heavy atom. The minimum absolute atomic E-state index is 0.0822. The maximum atomic E-state index is 14.0. The van der Waals surface area contributed by atoms with E-state index in [1.54, 1.807) is 0 Å². The van der Waals surface area contributed by atoms with Gasteiger partial charge < -0.3 is 29.6 Å². The van der Waals surface area contributed by atoms with Crippen molar-refractivity contribution in [3.05, 3.63) is 50.5 Å². The zero-order valence-electron chi connectivity index (χ0n) is 26.5. The minimum Gasteiger partial charge on any atom is -0.477 e. The summed E-state index contributed by atoms with van der Waals surface area (Å²) in [7, 11) is 0. The number of hydrogen-bond acceptors (Lipinski definition) is 10. The maximum absolute atomic E-state index is 14.0. The van der Waals surface area contributed by atoms with Gasteiger partial charge >= 0.3 is 12.1 Å². The highest BCUT2D eigenvalue weighted by Gasteiger charge is 2.60. The van der Waals surface area contributed by atoms with Crippen LogP contribution >= 0.6 is 11.8 Å². The summed E-state index contributed by atoms with van der Waals surface area (Å²) in [5.74, 6) is -2.48. The van der Waals surface area contributed by atoms with Crippen LogP contribution in [0.1, 0.15) is 45.1 Å². The first-order valence-electron chi connectivity index (χ1n) is 16.3. The number of rotatable bonds is 10. The van der Waals surface area contributed by atoms with Crippen LogP contribution in [0.25, 0.3) is 0 Å². The van der Waals surface area contributed by atoms with Gasteiger partial charge in [-0.15, -0.1) is 11.8 Å². The summed E-state index contributed by atoms with van der Waals surface area (Å²) in [6.07, 6.45) is 1.94. The predicted octanol–water partition coefficient (Wildman–Crippen LogP) is 2.51. The molecule has 5 heterocycles. The van der Waals surface area contributed by atoms with E-state index in [1.807, 2.05) is 11.8 Å². The van der Waals surface area contributed by atoms with E-state index >= 15 is 0 Å². The van der Waals surface area contributed by atoms with Crippen LogP contribution in [-0.2, 0) is 25.7 Å². The maximum Gasteiger partial charge on any atom is 0.410 e. The molecule has 1 aromatic rings. The highest BCUT2D eigenvalue weighted by atomic mass is 32.2. The van der Waals surface area contributed by atoms with Crippen molar-refractivity contribution in [3.63, 3.8) is 0 Å². The zero-order valence-corrected chi connectivity index (χ0v) is 27.3. The van der Waals surface area contributed by atoms with Crippen LogP contribution in [0.5, 0.6) is 0 Å². The lowest BCUT2D eigenvalue weighted by Gasteiger charge is -2.46. The van der Waals surface area contributed by atoms with E-state index in [0.717, 1.165) is 26.1 Å². The van der Waals surface area contributed by atoms with Crippen LogP contribution in [0.2, 0.25) is 0 Å². The summed E-state index contributed by atoms with van der Waals surface area (Å²) in [6.45, 7) is 7.68. The van der Waals surface area contributed by atoms with Crippen LogP contribution in [0.15, 0.2) is 34.9 Å². The number of benzene rings is 1. The molecule has 7 atom stereocenters. The third kappa shape index (κ3) is 6.44. The van der Waals surface area contributed by atoms with Crippen molar-refractivity contribution < 1.29 is 39.1 Å². The van der Waals surface area contributed by atoms with Gasteiger partial charge in [-0.25, -0.2) is 9.59 Å². The molecule has 0 aromatic heterocycles. The van der Waals surface area contributed by atoms with Gasteiger partial charge in [0.25, 0.3) is 5.69 Å². The number of amides is 3. The lowest BCUT2D eigenvalue weighted by atomic mass is 9.79. The fraction of sp³-hybridized carbons (Fsp3) is 0.625. The Bertz CT molecular complexity index is 1460. The molecule has 5 aliphatic heterocycles. The van der Waals surface area contributed by atoms with Crippen molar-refractivity contribution >= 4 is 41.3 Å². The van der Waals surface area contributed by atoms with Crippen LogP contribution in [0.4, 0.5) is 10.5 Å². The Kier molecular flexibility index (Phi) is 9.50. The summed E-state index contributed by atoms with van der Waals surface area (Å²) in [5, 5.41) is 31.0. The first kappa shape index (κ1) is 33.2. The number of thioether (sulfide) groups is 1. The van der Waals surface area contributed by atoms with E-state index in [2.05, 4.69) is 4.90 Å². The van der Waals surface area contributed by atoms with Crippen LogP contribution in [0, 0.1) is 27.9 Å². The van der Waals surface area contributed by atoms with Crippen molar-refractivity contribution in [1.82, 2.24) is 19.6 Å². The number of carboxylic acid groups (broad SMARTS) is 1. The molecule has 14 nitrogen and oxygen atoms in total.